The number of carbonyl (C=O) groups excluding carboxylic acids is 1. The summed E-state index contributed by atoms with van der Waals surface area (Å²) in [6.07, 6.45) is 4.24. The third kappa shape index (κ3) is 3.06. The third-order valence-corrected chi connectivity index (χ3v) is 6.28. The van der Waals surface area contributed by atoms with Crippen LogP contribution in [0.15, 0.2) is 48.8 Å². The summed E-state index contributed by atoms with van der Waals surface area (Å²) in [5.74, 6) is 0.0600. The monoisotopic (exact) mass is 406 g/mol. The molecule has 0 aliphatic carbocycles. The van der Waals surface area contributed by atoms with Gasteiger partial charge in [0, 0.05) is 53.9 Å². The van der Waals surface area contributed by atoms with Crippen LogP contribution in [0.5, 0.6) is 5.75 Å². The number of anilines is 2. The van der Waals surface area contributed by atoms with E-state index in [1.54, 1.807) is 31.5 Å². The van der Waals surface area contributed by atoms with E-state index in [2.05, 4.69) is 27.1 Å². The number of fused-ring (bicyclic) bond motifs is 3. The normalized spacial score (nSPS) is 20.7. The van der Waals surface area contributed by atoms with Gasteiger partial charge in [0.1, 0.15) is 11.6 Å². The SMILES string of the molecule is COc1cc(C(=O)Nc2ccc(F)c3ccncc23)ccc1N1C[C@@H]2C[C@@H]1CN2C. The molecule has 3 aromatic rings. The Balaban J connectivity index is 1.41. The molecule has 0 saturated carbocycles. The lowest BCUT2D eigenvalue weighted by Crippen LogP contribution is -2.44. The van der Waals surface area contributed by atoms with E-state index in [1.165, 1.54) is 12.3 Å². The van der Waals surface area contributed by atoms with Gasteiger partial charge in [0.15, 0.2) is 0 Å². The third-order valence-electron chi connectivity index (χ3n) is 6.28. The Morgan fingerprint density at radius 3 is 2.77 bits per heavy atom. The minimum Gasteiger partial charge on any atom is -0.495 e. The van der Waals surface area contributed by atoms with Crippen LogP contribution >= 0.6 is 0 Å². The summed E-state index contributed by atoms with van der Waals surface area (Å²) in [6, 6.07) is 11.1. The van der Waals surface area contributed by atoms with Crippen molar-refractivity contribution in [1.29, 1.82) is 0 Å². The molecule has 1 aromatic heterocycles. The van der Waals surface area contributed by atoms with E-state index >= 15 is 0 Å². The van der Waals surface area contributed by atoms with Crippen molar-refractivity contribution in [1.82, 2.24) is 9.88 Å². The fourth-order valence-corrected chi connectivity index (χ4v) is 4.67. The van der Waals surface area contributed by atoms with Crippen molar-refractivity contribution in [3.05, 3.63) is 60.2 Å². The van der Waals surface area contributed by atoms with Crippen molar-refractivity contribution < 1.29 is 13.9 Å². The van der Waals surface area contributed by atoms with E-state index in [4.69, 9.17) is 4.74 Å². The second kappa shape index (κ2) is 7.25. The van der Waals surface area contributed by atoms with Gasteiger partial charge < -0.3 is 15.0 Å². The first-order valence-electron chi connectivity index (χ1n) is 10.0. The number of likely N-dealkylation sites (tertiary alicyclic amines) is 1. The molecule has 0 unspecified atom stereocenters. The second-order valence-electron chi connectivity index (χ2n) is 7.99. The zero-order valence-corrected chi connectivity index (χ0v) is 16.9. The van der Waals surface area contributed by atoms with E-state index in [-0.39, 0.29) is 11.7 Å². The molecule has 7 heteroatoms. The number of benzene rings is 2. The largest absolute Gasteiger partial charge is 0.495 e. The van der Waals surface area contributed by atoms with Crippen LogP contribution in [0.3, 0.4) is 0 Å². The fraction of sp³-hybridized carbons (Fsp3) is 0.304. The van der Waals surface area contributed by atoms with E-state index in [9.17, 15) is 9.18 Å². The molecule has 1 N–H and O–H groups in total. The van der Waals surface area contributed by atoms with Crippen molar-refractivity contribution in [2.45, 2.75) is 18.5 Å². The number of nitrogens with one attached hydrogen (secondary N) is 1. The highest BCUT2D eigenvalue weighted by atomic mass is 19.1. The zero-order chi connectivity index (χ0) is 20.8. The lowest BCUT2D eigenvalue weighted by atomic mass is 10.1. The first-order valence-corrected chi connectivity index (χ1v) is 10.0. The average molecular weight is 406 g/mol. The molecule has 1 amide bonds. The summed E-state index contributed by atoms with van der Waals surface area (Å²) in [5, 5.41) is 3.86. The van der Waals surface area contributed by atoms with Crippen LogP contribution in [-0.4, -0.2) is 55.1 Å². The number of methoxy groups -OCH3 is 1. The van der Waals surface area contributed by atoms with Crippen molar-refractivity contribution in [2.24, 2.45) is 0 Å². The Hall–Kier alpha value is -3.19. The number of aromatic nitrogens is 1. The van der Waals surface area contributed by atoms with Gasteiger partial charge >= 0.3 is 0 Å². The van der Waals surface area contributed by atoms with E-state index in [0.717, 1.165) is 25.2 Å². The molecule has 2 fully saturated rings. The number of piperazine rings is 1. The van der Waals surface area contributed by atoms with Crippen LogP contribution in [0.2, 0.25) is 0 Å². The number of nitrogens with zero attached hydrogens (tertiary/aromatic N) is 3. The number of halogens is 1. The number of ether oxygens (including phenoxy) is 1. The van der Waals surface area contributed by atoms with Crippen molar-refractivity contribution >= 4 is 28.1 Å². The van der Waals surface area contributed by atoms with Crippen LogP contribution in [-0.2, 0) is 0 Å². The number of likely N-dealkylation sites (N-methyl/N-ethyl adjacent to an activating group) is 1. The maximum atomic E-state index is 14.0. The van der Waals surface area contributed by atoms with Crippen LogP contribution in [0.1, 0.15) is 16.8 Å². The molecular weight excluding hydrogens is 383 g/mol. The highest BCUT2D eigenvalue weighted by molar-refractivity contribution is 6.09. The van der Waals surface area contributed by atoms with Gasteiger partial charge in [0.2, 0.25) is 0 Å². The van der Waals surface area contributed by atoms with Gasteiger partial charge in [-0.2, -0.15) is 0 Å². The van der Waals surface area contributed by atoms with Crippen LogP contribution in [0.25, 0.3) is 10.8 Å². The Morgan fingerprint density at radius 2 is 2.03 bits per heavy atom. The number of amides is 1. The molecule has 30 heavy (non-hydrogen) atoms. The van der Waals surface area contributed by atoms with Gasteiger partial charge in [-0.15, -0.1) is 0 Å². The van der Waals surface area contributed by atoms with Gasteiger partial charge in [0.05, 0.1) is 18.5 Å². The Bertz CT molecular complexity index is 1130. The summed E-state index contributed by atoms with van der Waals surface area (Å²) in [4.78, 5) is 21.7. The Morgan fingerprint density at radius 1 is 1.17 bits per heavy atom. The predicted molar refractivity (Wildman–Crippen MR) is 115 cm³/mol. The van der Waals surface area contributed by atoms with Crippen LogP contribution in [0.4, 0.5) is 15.8 Å². The first kappa shape index (κ1) is 18.8. The van der Waals surface area contributed by atoms with Crippen LogP contribution in [0, 0.1) is 5.82 Å². The number of rotatable bonds is 4. The second-order valence-corrected chi connectivity index (χ2v) is 7.99. The molecular formula is C23H23FN4O2. The fourth-order valence-electron chi connectivity index (χ4n) is 4.67. The van der Waals surface area contributed by atoms with Gasteiger partial charge in [-0.05, 0) is 49.9 Å². The molecule has 2 atom stereocenters. The Labute approximate surface area is 174 Å². The zero-order valence-electron chi connectivity index (χ0n) is 16.9. The highest BCUT2D eigenvalue weighted by Gasteiger charge is 2.42. The number of pyridine rings is 1. The topological polar surface area (TPSA) is 57.7 Å². The predicted octanol–water partition coefficient (Wildman–Crippen LogP) is 3.53. The molecule has 0 spiro atoms. The molecule has 2 aliphatic heterocycles. The smallest absolute Gasteiger partial charge is 0.255 e. The number of hydrogen-bond acceptors (Lipinski definition) is 5. The van der Waals surface area contributed by atoms with Crippen molar-refractivity contribution in [3.8, 4) is 5.75 Å². The molecule has 3 heterocycles. The molecule has 2 aliphatic rings. The van der Waals surface area contributed by atoms with Crippen molar-refractivity contribution in [2.75, 3.05) is 37.5 Å². The summed E-state index contributed by atoms with van der Waals surface area (Å²) < 4.78 is 19.7. The molecule has 6 nitrogen and oxygen atoms in total. The van der Waals surface area contributed by atoms with Crippen molar-refractivity contribution in [3.63, 3.8) is 0 Å². The van der Waals surface area contributed by atoms with Crippen LogP contribution < -0.4 is 15.0 Å². The molecule has 2 saturated heterocycles. The summed E-state index contributed by atoms with van der Waals surface area (Å²) in [5.41, 5.74) is 2.02. The summed E-state index contributed by atoms with van der Waals surface area (Å²) in [7, 11) is 3.79. The molecule has 154 valence electrons. The number of hydrogen-bond donors (Lipinski definition) is 1. The van der Waals surface area contributed by atoms with E-state index in [1.807, 2.05) is 12.1 Å². The van der Waals surface area contributed by atoms with Gasteiger partial charge in [0.25, 0.3) is 5.91 Å². The van der Waals surface area contributed by atoms with Gasteiger partial charge in [-0.25, -0.2) is 4.39 Å². The molecule has 2 aromatic carbocycles. The summed E-state index contributed by atoms with van der Waals surface area (Å²) >= 11 is 0. The highest BCUT2D eigenvalue weighted by Crippen LogP contribution is 2.39. The average Bonchev–Trinajstić information content (AvgIpc) is 3.35. The van der Waals surface area contributed by atoms with E-state index < -0.39 is 0 Å². The Kier molecular flexibility index (Phi) is 4.55. The standard InChI is InChI=1S/C23H23FN4O2/c1-27-12-16-10-15(27)13-28(16)21-6-3-14(9-22(21)30-2)23(29)26-20-5-4-19(24)17-7-8-25-11-18(17)20/h3-9,11,15-16H,10,12-13H2,1-2H3,(H,26,29)/t15-,16+/m0/s1. The van der Waals surface area contributed by atoms with E-state index in [0.29, 0.717) is 39.9 Å². The lowest BCUT2D eigenvalue weighted by Gasteiger charge is -2.34. The molecule has 2 bridgehead atoms. The molecule has 0 radical (unpaired) electrons. The van der Waals surface area contributed by atoms with Gasteiger partial charge in [-0.1, -0.05) is 0 Å². The quantitative estimate of drug-likeness (QED) is 0.718. The first-order chi connectivity index (χ1) is 14.5. The summed E-state index contributed by atoms with van der Waals surface area (Å²) in [6.45, 7) is 2.01. The lowest BCUT2D eigenvalue weighted by molar-refractivity contribution is 0.102. The maximum absolute atomic E-state index is 14.0. The minimum atomic E-state index is -0.345. The van der Waals surface area contributed by atoms with Gasteiger partial charge in [-0.3, -0.25) is 14.7 Å². The molecule has 5 rings (SSSR count). The minimum absolute atomic E-state index is 0.278. The number of carbonyl (C=O) groups is 1. The maximum Gasteiger partial charge on any atom is 0.255 e.